The predicted molar refractivity (Wildman–Crippen MR) is 64.5 cm³/mol. The summed E-state index contributed by atoms with van der Waals surface area (Å²) in [5.74, 6) is -0.147. The molecule has 0 bridgehead atoms. The van der Waals surface area contributed by atoms with Gasteiger partial charge in [-0.3, -0.25) is 14.5 Å². The lowest BCUT2D eigenvalue weighted by Crippen LogP contribution is -2.35. The Morgan fingerprint density at radius 3 is 2.59 bits per heavy atom. The molecule has 17 heavy (non-hydrogen) atoms. The molecule has 1 rings (SSSR count). The smallest absolute Gasteiger partial charge is 0.320 e. The number of rotatable bonds is 8. The number of ether oxygens (including phenoxy) is 1. The van der Waals surface area contributed by atoms with Crippen LogP contribution in [0.3, 0.4) is 0 Å². The summed E-state index contributed by atoms with van der Waals surface area (Å²) in [7, 11) is 0. The summed E-state index contributed by atoms with van der Waals surface area (Å²) >= 11 is 0. The van der Waals surface area contributed by atoms with E-state index < -0.39 is 0 Å². The van der Waals surface area contributed by atoms with Gasteiger partial charge in [0.2, 0.25) is 5.91 Å². The Kier molecular flexibility index (Phi) is 5.97. The summed E-state index contributed by atoms with van der Waals surface area (Å²) in [6.07, 6.45) is 2.65. The van der Waals surface area contributed by atoms with Crippen molar-refractivity contribution in [2.75, 3.05) is 26.2 Å². The molecule has 1 aliphatic carbocycles. The van der Waals surface area contributed by atoms with Gasteiger partial charge in [0.1, 0.15) is 0 Å². The number of hydrogen-bond donors (Lipinski definition) is 1. The number of amides is 1. The van der Waals surface area contributed by atoms with Gasteiger partial charge in [-0.15, -0.1) is 0 Å². The molecule has 0 radical (unpaired) electrons. The number of carbonyl (C=O) groups is 2. The van der Waals surface area contributed by atoms with Crippen LogP contribution >= 0.6 is 0 Å². The van der Waals surface area contributed by atoms with Crippen LogP contribution in [0.15, 0.2) is 0 Å². The first-order chi connectivity index (χ1) is 8.15. The Morgan fingerprint density at radius 1 is 1.35 bits per heavy atom. The first kappa shape index (κ1) is 14.0. The normalized spacial score (nSPS) is 14.8. The van der Waals surface area contributed by atoms with E-state index in [0.29, 0.717) is 25.6 Å². The lowest BCUT2D eigenvalue weighted by atomic mass is 10.3. The molecule has 0 atom stereocenters. The molecule has 0 aliphatic heterocycles. The van der Waals surface area contributed by atoms with Crippen LogP contribution in [-0.4, -0.2) is 49.1 Å². The molecule has 0 aromatic carbocycles. The Balaban J connectivity index is 2.16. The van der Waals surface area contributed by atoms with E-state index in [0.717, 1.165) is 19.4 Å². The van der Waals surface area contributed by atoms with E-state index >= 15 is 0 Å². The van der Waals surface area contributed by atoms with Crippen LogP contribution in [0.2, 0.25) is 0 Å². The van der Waals surface area contributed by atoms with Crippen LogP contribution in [0.5, 0.6) is 0 Å². The molecular formula is C12H22N2O3. The fourth-order valence-corrected chi connectivity index (χ4v) is 1.53. The van der Waals surface area contributed by atoms with Crippen LogP contribution in [0.4, 0.5) is 0 Å². The Morgan fingerprint density at radius 2 is 2.06 bits per heavy atom. The van der Waals surface area contributed by atoms with Crippen molar-refractivity contribution in [2.24, 2.45) is 0 Å². The molecule has 1 amide bonds. The van der Waals surface area contributed by atoms with Crippen molar-refractivity contribution in [3.63, 3.8) is 0 Å². The highest BCUT2D eigenvalue weighted by molar-refractivity contribution is 5.77. The van der Waals surface area contributed by atoms with E-state index in [1.54, 1.807) is 6.92 Å². The van der Waals surface area contributed by atoms with Crippen molar-refractivity contribution < 1.29 is 14.3 Å². The highest BCUT2D eigenvalue weighted by atomic mass is 16.5. The van der Waals surface area contributed by atoms with Gasteiger partial charge in [-0.2, -0.15) is 0 Å². The van der Waals surface area contributed by atoms with Gasteiger partial charge in [-0.1, -0.05) is 6.92 Å². The standard InChI is InChI=1S/C12H22N2O3/c1-3-14(9-12(16)17-4-2)8-7-11(15)13-10-5-6-10/h10H,3-9H2,1-2H3,(H,13,15). The van der Waals surface area contributed by atoms with Crippen molar-refractivity contribution in [3.05, 3.63) is 0 Å². The maximum Gasteiger partial charge on any atom is 0.320 e. The molecular weight excluding hydrogens is 220 g/mol. The van der Waals surface area contributed by atoms with Gasteiger partial charge in [-0.25, -0.2) is 0 Å². The second kappa shape index (κ2) is 7.27. The third-order valence-corrected chi connectivity index (χ3v) is 2.70. The number of nitrogens with zero attached hydrogens (tertiary/aromatic N) is 1. The van der Waals surface area contributed by atoms with Gasteiger partial charge in [0.25, 0.3) is 0 Å². The van der Waals surface area contributed by atoms with Crippen LogP contribution in [-0.2, 0) is 14.3 Å². The topological polar surface area (TPSA) is 58.6 Å². The number of carbonyl (C=O) groups excluding carboxylic acids is 2. The molecule has 1 fully saturated rings. The molecule has 1 saturated carbocycles. The van der Waals surface area contributed by atoms with E-state index in [-0.39, 0.29) is 18.4 Å². The maximum atomic E-state index is 11.5. The molecule has 0 aromatic heterocycles. The van der Waals surface area contributed by atoms with Crippen molar-refractivity contribution >= 4 is 11.9 Å². The highest BCUT2D eigenvalue weighted by Gasteiger charge is 2.23. The van der Waals surface area contributed by atoms with Gasteiger partial charge in [0, 0.05) is 19.0 Å². The lowest BCUT2D eigenvalue weighted by molar-refractivity contribution is -0.144. The summed E-state index contributed by atoms with van der Waals surface area (Å²) < 4.78 is 4.87. The van der Waals surface area contributed by atoms with Gasteiger partial charge in [-0.05, 0) is 26.3 Å². The van der Waals surface area contributed by atoms with Gasteiger partial charge < -0.3 is 10.1 Å². The fourth-order valence-electron chi connectivity index (χ4n) is 1.53. The zero-order chi connectivity index (χ0) is 12.7. The van der Waals surface area contributed by atoms with Gasteiger partial charge in [0.15, 0.2) is 0 Å². The largest absolute Gasteiger partial charge is 0.465 e. The zero-order valence-electron chi connectivity index (χ0n) is 10.7. The average molecular weight is 242 g/mol. The van der Waals surface area contributed by atoms with E-state index in [1.807, 2.05) is 11.8 Å². The minimum Gasteiger partial charge on any atom is -0.465 e. The molecule has 0 aromatic rings. The fraction of sp³-hybridized carbons (Fsp3) is 0.833. The number of hydrogen-bond acceptors (Lipinski definition) is 4. The van der Waals surface area contributed by atoms with E-state index in [9.17, 15) is 9.59 Å². The van der Waals surface area contributed by atoms with E-state index in [4.69, 9.17) is 4.74 Å². The summed E-state index contributed by atoms with van der Waals surface area (Å²) in [4.78, 5) is 24.7. The van der Waals surface area contributed by atoms with Crippen LogP contribution in [0.25, 0.3) is 0 Å². The predicted octanol–water partition coefficient (Wildman–Crippen LogP) is 0.540. The summed E-state index contributed by atoms with van der Waals surface area (Å²) in [6, 6.07) is 0.405. The minimum absolute atomic E-state index is 0.0785. The summed E-state index contributed by atoms with van der Waals surface area (Å²) in [5, 5.41) is 2.93. The average Bonchev–Trinajstić information content (AvgIpc) is 3.08. The van der Waals surface area contributed by atoms with Crippen LogP contribution in [0.1, 0.15) is 33.1 Å². The first-order valence-electron chi connectivity index (χ1n) is 6.33. The lowest BCUT2D eigenvalue weighted by Gasteiger charge is -2.18. The zero-order valence-corrected chi connectivity index (χ0v) is 10.7. The molecule has 5 nitrogen and oxygen atoms in total. The minimum atomic E-state index is -0.225. The molecule has 1 aliphatic rings. The Bertz CT molecular complexity index is 264. The first-order valence-corrected chi connectivity index (χ1v) is 6.33. The number of esters is 1. The summed E-state index contributed by atoms with van der Waals surface area (Å²) in [6.45, 7) is 5.78. The van der Waals surface area contributed by atoms with Gasteiger partial charge >= 0.3 is 5.97 Å². The number of nitrogens with one attached hydrogen (secondary N) is 1. The van der Waals surface area contributed by atoms with Crippen LogP contribution < -0.4 is 5.32 Å². The molecule has 98 valence electrons. The molecule has 0 spiro atoms. The monoisotopic (exact) mass is 242 g/mol. The van der Waals surface area contributed by atoms with Crippen molar-refractivity contribution in [2.45, 2.75) is 39.2 Å². The highest BCUT2D eigenvalue weighted by Crippen LogP contribution is 2.18. The molecule has 5 heteroatoms. The third-order valence-electron chi connectivity index (χ3n) is 2.70. The Hall–Kier alpha value is -1.10. The molecule has 0 saturated heterocycles. The SMILES string of the molecule is CCOC(=O)CN(CC)CCC(=O)NC1CC1. The second-order valence-electron chi connectivity index (χ2n) is 4.27. The van der Waals surface area contributed by atoms with Crippen molar-refractivity contribution in [3.8, 4) is 0 Å². The molecule has 1 N–H and O–H groups in total. The maximum absolute atomic E-state index is 11.5. The number of likely N-dealkylation sites (N-methyl/N-ethyl adjacent to an activating group) is 1. The summed E-state index contributed by atoms with van der Waals surface area (Å²) in [5.41, 5.74) is 0. The van der Waals surface area contributed by atoms with Crippen LogP contribution in [0, 0.1) is 0 Å². The quantitative estimate of drug-likeness (QED) is 0.631. The van der Waals surface area contributed by atoms with Gasteiger partial charge in [0.05, 0.1) is 13.2 Å². The van der Waals surface area contributed by atoms with E-state index in [1.165, 1.54) is 0 Å². The Labute approximate surface area is 102 Å². The molecule has 0 unspecified atom stereocenters. The van der Waals surface area contributed by atoms with Crippen molar-refractivity contribution in [1.29, 1.82) is 0 Å². The second-order valence-corrected chi connectivity index (χ2v) is 4.27. The molecule has 0 heterocycles. The van der Waals surface area contributed by atoms with Crippen molar-refractivity contribution in [1.82, 2.24) is 10.2 Å². The van der Waals surface area contributed by atoms with E-state index in [2.05, 4.69) is 5.32 Å². The third kappa shape index (κ3) is 6.26.